The molecule has 9 nitrogen and oxygen atoms in total. The van der Waals surface area contributed by atoms with Crippen molar-refractivity contribution in [2.45, 2.75) is 51.8 Å². The minimum atomic E-state index is -0.528. The van der Waals surface area contributed by atoms with E-state index in [0.29, 0.717) is 47.0 Å². The van der Waals surface area contributed by atoms with Gasteiger partial charge in [0.05, 0.1) is 12.3 Å². The highest BCUT2D eigenvalue weighted by Crippen LogP contribution is 2.37. The third-order valence-corrected chi connectivity index (χ3v) is 9.06. The van der Waals surface area contributed by atoms with E-state index >= 15 is 4.39 Å². The Hall–Kier alpha value is -4.28. The number of carbonyl (C=O) groups excluding carboxylic acids is 1. The quantitative estimate of drug-likeness (QED) is 0.367. The summed E-state index contributed by atoms with van der Waals surface area (Å²) in [5.74, 6) is -0.163. The van der Waals surface area contributed by atoms with Gasteiger partial charge in [-0.1, -0.05) is 6.07 Å². The first kappa shape index (κ1) is 27.5. The number of rotatable bonds is 5. The molecule has 222 valence electrons. The molecule has 2 aliphatic heterocycles. The number of amides is 1. The van der Waals surface area contributed by atoms with Gasteiger partial charge in [-0.25, -0.2) is 9.37 Å². The summed E-state index contributed by atoms with van der Waals surface area (Å²) in [6, 6.07) is 10.2. The summed E-state index contributed by atoms with van der Waals surface area (Å²) in [4.78, 5) is 35.5. The van der Waals surface area contributed by atoms with Crippen molar-refractivity contribution < 1.29 is 14.3 Å². The number of hydrogen-bond acceptors (Lipinski definition) is 6. The van der Waals surface area contributed by atoms with Crippen LogP contribution in [0.1, 0.15) is 51.4 Å². The van der Waals surface area contributed by atoms with Crippen LogP contribution in [0.4, 0.5) is 21.6 Å². The summed E-state index contributed by atoms with van der Waals surface area (Å²) in [7, 11) is 3.71. The lowest BCUT2D eigenvalue weighted by atomic mass is 9.97. The predicted molar refractivity (Wildman–Crippen MR) is 163 cm³/mol. The molecule has 0 bridgehead atoms. The maximum absolute atomic E-state index is 15.3. The Morgan fingerprint density at radius 2 is 1.81 bits per heavy atom. The number of benzene rings is 1. The maximum Gasteiger partial charge on any atom is 0.274 e. The van der Waals surface area contributed by atoms with E-state index in [-0.39, 0.29) is 17.2 Å². The maximum atomic E-state index is 15.3. The van der Waals surface area contributed by atoms with Gasteiger partial charge < -0.3 is 29.4 Å². The van der Waals surface area contributed by atoms with E-state index in [2.05, 4.69) is 21.8 Å². The second kappa shape index (κ2) is 10.8. The Morgan fingerprint density at radius 3 is 2.65 bits per heavy atom. The van der Waals surface area contributed by atoms with E-state index in [1.165, 1.54) is 33.5 Å². The van der Waals surface area contributed by atoms with Gasteiger partial charge in [0.25, 0.3) is 11.5 Å². The Bertz CT molecular complexity index is 1830. The van der Waals surface area contributed by atoms with Crippen LogP contribution in [0.5, 0.6) is 0 Å². The summed E-state index contributed by atoms with van der Waals surface area (Å²) in [5.41, 5.74) is 7.01. The lowest BCUT2D eigenvalue weighted by Gasteiger charge is -2.31. The summed E-state index contributed by atoms with van der Waals surface area (Å²) in [5, 5.41) is 13.8. The van der Waals surface area contributed by atoms with Crippen LogP contribution in [0.25, 0.3) is 11.1 Å². The number of likely N-dealkylation sites (N-methyl/N-ethyl adjacent to an activating group) is 1. The standard InChI is InChI=1S/C33H35FN6O3/c1-37-10-9-26-21(17-37)7-8-31(35-26)36-27-13-22(18-38(2)32(27)42)24-15-23(34)16-29(25(24)19-41)40-12-11-39-28-6-4-3-5-20(28)14-30(39)33(40)43/h7-8,13-16,18,41H,3-6,9-12,17,19H2,1-2H3,(H,35,36). The number of aliphatic hydroxyl groups excluding tert-OH is 1. The van der Waals surface area contributed by atoms with Gasteiger partial charge in [0.15, 0.2) is 0 Å². The van der Waals surface area contributed by atoms with Crippen LogP contribution in [0.3, 0.4) is 0 Å². The van der Waals surface area contributed by atoms with Crippen molar-refractivity contribution in [3.8, 4) is 11.1 Å². The highest BCUT2D eigenvalue weighted by atomic mass is 19.1. The molecule has 2 N–H and O–H groups in total. The minimum absolute atomic E-state index is 0.195. The highest BCUT2D eigenvalue weighted by Gasteiger charge is 2.32. The largest absolute Gasteiger partial charge is 0.392 e. The molecule has 3 aromatic heterocycles. The number of pyridine rings is 2. The summed E-state index contributed by atoms with van der Waals surface area (Å²) < 4.78 is 18.8. The first-order chi connectivity index (χ1) is 20.8. The Kier molecular flexibility index (Phi) is 6.90. The van der Waals surface area contributed by atoms with Gasteiger partial charge in [-0.05, 0) is 79.8 Å². The Balaban J connectivity index is 1.26. The lowest BCUT2D eigenvalue weighted by molar-refractivity contribution is 0.0964. The molecule has 10 heteroatoms. The summed E-state index contributed by atoms with van der Waals surface area (Å²) in [6.07, 6.45) is 6.62. The number of fused-ring (bicyclic) bond motifs is 4. The number of halogens is 1. The predicted octanol–water partition coefficient (Wildman–Crippen LogP) is 4.15. The molecule has 0 saturated carbocycles. The van der Waals surface area contributed by atoms with Gasteiger partial charge in [-0.15, -0.1) is 0 Å². The van der Waals surface area contributed by atoms with Crippen molar-refractivity contribution >= 4 is 23.1 Å². The van der Waals surface area contributed by atoms with Gasteiger partial charge in [-0.2, -0.15) is 0 Å². The van der Waals surface area contributed by atoms with Gasteiger partial charge in [0.1, 0.15) is 23.0 Å². The molecule has 0 saturated heterocycles. The molecular weight excluding hydrogens is 547 g/mol. The van der Waals surface area contributed by atoms with Crippen LogP contribution in [-0.2, 0) is 46.0 Å². The number of anilines is 3. The molecule has 43 heavy (non-hydrogen) atoms. The number of aryl methyl sites for hydroxylation is 2. The molecule has 0 fully saturated rings. The first-order valence-electron chi connectivity index (χ1n) is 14.9. The third kappa shape index (κ3) is 4.84. The fourth-order valence-corrected chi connectivity index (χ4v) is 6.87. The van der Waals surface area contributed by atoms with Crippen molar-refractivity contribution in [1.82, 2.24) is 19.0 Å². The average molecular weight is 583 g/mol. The van der Waals surface area contributed by atoms with Crippen molar-refractivity contribution in [1.29, 1.82) is 0 Å². The van der Waals surface area contributed by atoms with Gasteiger partial charge in [-0.3, -0.25) is 9.59 Å². The smallest absolute Gasteiger partial charge is 0.274 e. The van der Waals surface area contributed by atoms with Crippen LogP contribution in [0, 0.1) is 5.82 Å². The van der Waals surface area contributed by atoms with Gasteiger partial charge in [0.2, 0.25) is 0 Å². The molecule has 7 rings (SSSR count). The Labute approximate surface area is 249 Å². The van der Waals surface area contributed by atoms with Crippen LogP contribution >= 0.6 is 0 Å². The first-order valence-corrected chi connectivity index (χ1v) is 14.9. The number of carbonyl (C=O) groups is 1. The second-order valence-electron chi connectivity index (χ2n) is 11.9. The molecule has 1 aliphatic carbocycles. The van der Waals surface area contributed by atoms with E-state index in [1.54, 1.807) is 24.2 Å². The zero-order valence-electron chi connectivity index (χ0n) is 24.5. The van der Waals surface area contributed by atoms with Crippen molar-refractivity contribution in [3.05, 3.63) is 92.5 Å². The van der Waals surface area contributed by atoms with Crippen molar-refractivity contribution in [3.63, 3.8) is 0 Å². The van der Waals surface area contributed by atoms with Gasteiger partial charge in [0, 0.05) is 68.4 Å². The molecule has 1 amide bonds. The summed E-state index contributed by atoms with van der Waals surface area (Å²) >= 11 is 0. The monoisotopic (exact) mass is 582 g/mol. The lowest BCUT2D eigenvalue weighted by Crippen LogP contribution is -2.41. The van der Waals surface area contributed by atoms with Crippen LogP contribution in [0.2, 0.25) is 0 Å². The van der Waals surface area contributed by atoms with E-state index < -0.39 is 12.4 Å². The van der Waals surface area contributed by atoms with Crippen molar-refractivity contribution in [2.24, 2.45) is 7.05 Å². The number of hydrogen-bond donors (Lipinski definition) is 2. The Morgan fingerprint density at radius 1 is 0.977 bits per heavy atom. The number of aromatic nitrogens is 3. The highest BCUT2D eigenvalue weighted by molar-refractivity contribution is 6.07. The molecule has 4 aromatic rings. The molecule has 0 radical (unpaired) electrons. The van der Waals surface area contributed by atoms with Crippen LogP contribution < -0.4 is 15.8 Å². The molecule has 3 aliphatic rings. The van der Waals surface area contributed by atoms with E-state index in [0.717, 1.165) is 50.9 Å². The normalized spacial score (nSPS) is 16.6. The van der Waals surface area contributed by atoms with E-state index in [4.69, 9.17) is 4.98 Å². The molecule has 0 unspecified atom stereocenters. The number of aliphatic hydroxyl groups is 1. The fraction of sp³-hybridized carbons (Fsp3) is 0.364. The number of nitrogens with zero attached hydrogens (tertiary/aromatic N) is 5. The molecule has 5 heterocycles. The van der Waals surface area contributed by atoms with Crippen LogP contribution in [-0.4, -0.2) is 50.2 Å². The molecular formula is C33H35FN6O3. The molecule has 0 atom stereocenters. The summed E-state index contributed by atoms with van der Waals surface area (Å²) in [6.45, 7) is 2.34. The van der Waals surface area contributed by atoms with Crippen molar-refractivity contribution in [2.75, 3.05) is 30.4 Å². The molecule has 0 spiro atoms. The van der Waals surface area contributed by atoms with E-state index in [9.17, 15) is 14.7 Å². The van der Waals surface area contributed by atoms with Gasteiger partial charge >= 0.3 is 0 Å². The average Bonchev–Trinajstić information content (AvgIpc) is 3.39. The third-order valence-electron chi connectivity index (χ3n) is 9.06. The zero-order chi connectivity index (χ0) is 29.8. The van der Waals surface area contributed by atoms with E-state index in [1.807, 2.05) is 18.2 Å². The topological polar surface area (TPSA) is 95.6 Å². The SMILES string of the molecule is CN1CCc2nc(Nc3cc(-c4cc(F)cc(N5CCn6c(cc7c6CCCC7)C5=O)c4CO)cn(C)c3=O)ccc2C1. The second-order valence-corrected chi connectivity index (χ2v) is 11.9. The minimum Gasteiger partial charge on any atom is -0.392 e. The molecule has 1 aromatic carbocycles. The van der Waals surface area contributed by atoms with Crippen LogP contribution in [0.15, 0.2) is 47.4 Å². The zero-order valence-corrected chi connectivity index (χ0v) is 24.5. The fourth-order valence-electron chi connectivity index (χ4n) is 6.87. The number of nitrogens with one attached hydrogen (secondary N) is 1.